The summed E-state index contributed by atoms with van der Waals surface area (Å²) in [7, 11) is 0. The van der Waals surface area contributed by atoms with E-state index in [0.29, 0.717) is 6.54 Å². The van der Waals surface area contributed by atoms with Gasteiger partial charge in [-0.3, -0.25) is 5.32 Å². The van der Waals surface area contributed by atoms with Gasteiger partial charge in [0.1, 0.15) is 11.4 Å². The first-order chi connectivity index (χ1) is 14.8. The number of rotatable bonds is 9. The summed E-state index contributed by atoms with van der Waals surface area (Å²) in [6.45, 7) is 4.64. The minimum atomic E-state index is -1.21. The molecule has 0 unspecified atom stereocenters. The first-order valence-electron chi connectivity index (χ1n) is 10.2. The summed E-state index contributed by atoms with van der Waals surface area (Å²) in [5, 5.41) is 14.6. The van der Waals surface area contributed by atoms with Crippen LogP contribution in [0.3, 0.4) is 0 Å². The summed E-state index contributed by atoms with van der Waals surface area (Å²) < 4.78 is 0. The topological polar surface area (TPSA) is 156 Å². The maximum Gasteiger partial charge on any atom is 0.341 e. The lowest BCUT2D eigenvalue weighted by atomic mass is 10.1. The molecular weight excluding hydrogens is 420 g/mol. The van der Waals surface area contributed by atoms with Gasteiger partial charge in [0.2, 0.25) is 5.95 Å². The van der Waals surface area contributed by atoms with Gasteiger partial charge in [-0.1, -0.05) is 56.7 Å². The number of hydrogen-bond acceptors (Lipinski definition) is 6. The Kier molecular flexibility index (Phi) is 11.7. The van der Waals surface area contributed by atoms with Crippen LogP contribution in [-0.4, -0.2) is 33.6 Å². The van der Waals surface area contributed by atoms with E-state index < -0.39 is 12.0 Å². The number of anilines is 3. The summed E-state index contributed by atoms with van der Waals surface area (Å²) in [6.07, 6.45) is 7.92. The van der Waals surface area contributed by atoms with E-state index in [1.54, 1.807) is 0 Å². The van der Waals surface area contributed by atoms with Crippen LogP contribution in [0.1, 0.15) is 61.4 Å². The first-order valence-corrected chi connectivity index (χ1v) is 10.5. The number of hydrogen-bond donors (Lipinski definition) is 5. The highest BCUT2D eigenvalue weighted by Gasteiger charge is 2.12. The Hall–Kier alpha value is -3.07. The fraction of sp³-hybridized carbons (Fsp3) is 0.429. The van der Waals surface area contributed by atoms with Crippen molar-refractivity contribution < 1.29 is 14.7 Å². The number of carboxylic acids is 1. The Balaban J connectivity index is 0.000000442. The molecule has 1 aromatic heterocycles. The average Bonchev–Trinajstić information content (AvgIpc) is 2.71. The number of nitrogens with one attached hydrogen (secondary N) is 2. The molecule has 7 N–H and O–H groups in total. The van der Waals surface area contributed by atoms with Crippen molar-refractivity contribution in [3.8, 4) is 0 Å². The molecule has 10 heteroatoms. The fourth-order valence-electron chi connectivity index (χ4n) is 2.50. The van der Waals surface area contributed by atoms with Crippen LogP contribution in [0.2, 0.25) is 5.02 Å². The highest BCUT2D eigenvalue weighted by molar-refractivity contribution is 6.31. The first kappa shape index (κ1) is 26.0. The molecule has 0 aliphatic carbocycles. The predicted molar refractivity (Wildman–Crippen MR) is 124 cm³/mol. The molecule has 0 spiro atoms. The molecule has 0 fully saturated rings. The minimum absolute atomic E-state index is 0.0251. The number of aromatic nitrogens is 2. The molecule has 0 aliphatic rings. The van der Waals surface area contributed by atoms with E-state index in [4.69, 9.17) is 28.2 Å². The number of carbonyl (C=O) groups excluding carboxylic acids is 1. The Morgan fingerprint density at radius 3 is 2.39 bits per heavy atom. The standard InChI is InChI=1S/C14H23N5O3.C7H8ClN/c1-2-3-4-5-6-7-8-16-14(22)19-13-17-9-10(12(20)21)11(15)18-13;1-5-6(8)3-2-4-7(5)9/h9H,2-8H2,1H3,(H,20,21)(H4,15,16,17,18,19,22);2-4H,9H2,1H3. The number of nitrogens with zero attached hydrogens (tertiary/aromatic N) is 2. The van der Waals surface area contributed by atoms with Gasteiger partial charge in [0.25, 0.3) is 0 Å². The maximum atomic E-state index is 11.6. The van der Waals surface area contributed by atoms with Gasteiger partial charge in [0, 0.05) is 23.5 Å². The van der Waals surface area contributed by atoms with Crippen LogP contribution in [0.5, 0.6) is 0 Å². The third-order valence-electron chi connectivity index (χ3n) is 4.40. The summed E-state index contributed by atoms with van der Waals surface area (Å²) in [4.78, 5) is 29.8. The van der Waals surface area contributed by atoms with Crippen LogP contribution in [0.4, 0.5) is 22.2 Å². The van der Waals surface area contributed by atoms with Gasteiger partial charge in [-0.2, -0.15) is 4.98 Å². The number of nitrogen functional groups attached to an aromatic ring is 2. The normalized spacial score (nSPS) is 10.0. The molecule has 2 aromatic rings. The average molecular weight is 451 g/mol. The molecule has 31 heavy (non-hydrogen) atoms. The number of halogens is 1. The Morgan fingerprint density at radius 1 is 1.13 bits per heavy atom. The van der Waals surface area contributed by atoms with Crippen molar-refractivity contribution in [3.63, 3.8) is 0 Å². The number of carboxylic acid groups (broad SMARTS) is 1. The summed E-state index contributed by atoms with van der Waals surface area (Å²) >= 11 is 5.73. The molecular formula is C21H31ClN6O3. The largest absolute Gasteiger partial charge is 0.477 e. The SMILES string of the molecule is CCCCCCCCNC(=O)Nc1ncc(C(=O)O)c(N)n1.Cc1c(N)cccc1Cl. The molecule has 0 bridgehead atoms. The fourth-order valence-corrected chi connectivity index (χ4v) is 2.68. The second-order valence-electron chi connectivity index (χ2n) is 6.90. The summed E-state index contributed by atoms with van der Waals surface area (Å²) in [5.41, 5.74) is 12.5. The number of unbranched alkanes of at least 4 members (excludes halogenated alkanes) is 5. The number of aromatic carboxylic acids is 1. The zero-order chi connectivity index (χ0) is 23.2. The van der Waals surface area contributed by atoms with Crippen LogP contribution < -0.4 is 22.1 Å². The number of urea groups is 1. The quantitative estimate of drug-likeness (QED) is 0.278. The maximum absolute atomic E-state index is 11.6. The summed E-state index contributed by atoms with van der Waals surface area (Å²) in [5.74, 6) is -1.42. The van der Waals surface area contributed by atoms with Crippen molar-refractivity contribution in [1.29, 1.82) is 0 Å². The molecule has 170 valence electrons. The van der Waals surface area contributed by atoms with Crippen molar-refractivity contribution in [2.45, 2.75) is 52.4 Å². The number of nitrogens with two attached hydrogens (primary N) is 2. The van der Waals surface area contributed by atoms with Crippen LogP contribution in [0, 0.1) is 6.92 Å². The van der Waals surface area contributed by atoms with Crippen molar-refractivity contribution in [2.75, 3.05) is 23.3 Å². The Labute approximate surface area is 187 Å². The zero-order valence-corrected chi connectivity index (χ0v) is 18.7. The molecule has 0 saturated carbocycles. The highest BCUT2D eigenvalue weighted by Crippen LogP contribution is 2.19. The van der Waals surface area contributed by atoms with E-state index >= 15 is 0 Å². The zero-order valence-electron chi connectivity index (χ0n) is 17.9. The van der Waals surface area contributed by atoms with Gasteiger partial charge in [0.15, 0.2) is 0 Å². The Bertz CT molecular complexity index is 843. The lowest BCUT2D eigenvalue weighted by Gasteiger charge is -2.07. The van der Waals surface area contributed by atoms with E-state index in [1.165, 1.54) is 25.7 Å². The third kappa shape index (κ3) is 9.99. The monoisotopic (exact) mass is 450 g/mol. The van der Waals surface area contributed by atoms with Gasteiger partial charge in [-0.15, -0.1) is 0 Å². The molecule has 1 aromatic carbocycles. The van der Waals surface area contributed by atoms with Crippen molar-refractivity contribution in [2.24, 2.45) is 0 Å². The second-order valence-corrected chi connectivity index (χ2v) is 7.31. The molecule has 0 radical (unpaired) electrons. The number of carbonyl (C=O) groups is 2. The van der Waals surface area contributed by atoms with Crippen molar-refractivity contribution in [3.05, 3.63) is 40.5 Å². The molecule has 0 atom stereocenters. The van der Waals surface area contributed by atoms with E-state index in [9.17, 15) is 9.59 Å². The van der Waals surface area contributed by atoms with Gasteiger partial charge in [0.05, 0.1) is 0 Å². The number of amides is 2. The van der Waals surface area contributed by atoms with Crippen molar-refractivity contribution >= 4 is 41.1 Å². The van der Waals surface area contributed by atoms with Crippen LogP contribution >= 0.6 is 11.6 Å². The smallest absolute Gasteiger partial charge is 0.341 e. The van der Waals surface area contributed by atoms with Gasteiger partial charge in [-0.05, 0) is 31.0 Å². The van der Waals surface area contributed by atoms with Crippen molar-refractivity contribution in [1.82, 2.24) is 15.3 Å². The molecule has 2 amide bonds. The molecule has 1 heterocycles. The summed E-state index contributed by atoms with van der Waals surface area (Å²) in [6, 6.07) is 5.06. The van der Waals surface area contributed by atoms with E-state index in [1.807, 2.05) is 25.1 Å². The molecule has 2 rings (SSSR count). The van der Waals surface area contributed by atoms with Gasteiger partial charge >= 0.3 is 12.0 Å². The van der Waals surface area contributed by atoms with Gasteiger partial charge < -0.3 is 21.9 Å². The molecule has 9 nitrogen and oxygen atoms in total. The van der Waals surface area contributed by atoms with Crippen LogP contribution in [-0.2, 0) is 0 Å². The lowest BCUT2D eigenvalue weighted by Crippen LogP contribution is -2.30. The third-order valence-corrected chi connectivity index (χ3v) is 4.81. The lowest BCUT2D eigenvalue weighted by molar-refractivity contribution is 0.0697. The van der Waals surface area contributed by atoms with E-state index in [2.05, 4.69) is 27.5 Å². The Morgan fingerprint density at radius 2 is 1.81 bits per heavy atom. The van der Waals surface area contributed by atoms with E-state index in [0.717, 1.165) is 35.3 Å². The molecule has 0 saturated heterocycles. The predicted octanol–water partition coefficient (Wildman–Crippen LogP) is 4.47. The molecule has 0 aliphatic heterocycles. The van der Waals surface area contributed by atoms with Crippen LogP contribution in [0.15, 0.2) is 24.4 Å². The second kappa shape index (κ2) is 14.0. The minimum Gasteiger partial charge on any atom is -0.477 e. The van der Waals surface area contributed by atoms with E-state index in [-0.39, 0.29) is 17.3 Å². The van der Waals surface area contributed by atoms with Crippen LogP contribution in [0.25, 0.3) is 0 Å². The van der Waals surface area contributed by atoms with Gasteiger partial charge in [-0.25, -0.2) is 14.6 Å². The highest BCUT2D eigenvalue weighted by atomic mass is 35.5. The number of benzene rings is 1.